The van der Waals surface area contributed by atoms with Crippen LogP contribution in [0.1, 0.15) is 105 Å². The lowest BCUT2D eigenvalue weighted by molar-refractivity contribution is -0.122. The van der Waals surface area contributed by atoms with E-state index >= 15 is 0 Å². The number of hydrogen-bond donors (Lipinski definition) is 2. The standard InChI is InChI=1S/C31H53N4O5P/c1-8-26(7)23-38-31(37)33-21-15-11-14-19-29(36)34-28(9-2)30(27-17-12-10-13-18-27)40-41(39-22-16-20-32)35(24(3)4)25(5)6/h10,12-13,17-18,24-26,28,30H,8-9,11,14-16,19,21-23H2,1-7H3,(H,33,37)(H,34,36). The van der Waals surface area contributed by atoms with Crippen molar-refractivity contribution in [2.24, 2.45) is 5.92 Å². The van der Waals surface area contributed by atoms with Gasteiger partial charge in [-0.05, 0) is 58.4 Å². The lowest BCUT2D eigenvalue weighted by atomic mass is 10.00. The Kier molecular flexibility index (Phi) is 19.3. The Hall–Kier alpha value is -2.24. The van der Waals surface area contributed by atoms with Crippen molar-refractivity contribution in [3.63, 3.8) is 0 Å². The quantitative estimate of drug-likeness (QED) is 0.114. The summed E-state index contributed by atoms with van der Waals surface area (Å²) in [6.45, 7) is 15.8. The molecule has 0 aliphatic carbocycles. The summed E-state index contributed by atoms with van der Waals surface area (Å²) in [5, 5.41) is 15.0. The van der Waals surface area contributed by atoms with E-state index in [4.69, 9.17) is 19.0 Å². The number of ether oxygens (including phenoxy) is 1. The van der Waals surface area contributed by atoms with Crippen molar-refractivity contribution in [3.8, 4) is 6.07 Å². The molecule has 0 saturated carbocycles. The SMILES string of the molecule is CCC(C)COC(=O)NCCCCCC(=O)NC(CC)C(OP(OCCC#N)N(C(C)C)C(C)C)c1ccccc1. The first-order valence-electron chi connectivity index (χ1n) is 15.1. The highest BCUT2D eigenvalue weighted by atomic mass is 31.2. The maximum absolute atomic E-state index is 13.0. The molecule has 232 valence electrons. The molecule has 0 aliphatic rings. The van der Waals surface area contributed by atoms with E-state index in [1.54, 1.807) is 0 Å². The molecular weight excluding hydrogens is 539 g/mol. The lowest BCUT2D eigenvalue weighted by Gasteiger charge is -2.39. The van der Waals surface area contributed by atoms with Gasteiger partial charge in [-0.2, -0.15) is 5.26 Å². The van der Waals surface area contributed by atoms with Crippen LogP contribution in [-0.4, -0.2) is 54.6 Å². The number of benzene rings is 1. The molecule has 0 saturated heterocycles. The second-order valence-corrected chi connectivity index (χ2v) is 12.3. The number of nitriles is 1. The van der Waals surface area contributed by atoms with Crippen molar-refractivity contribution < 1.29 is 23.4 Å². The van der Waals surface area contributed by atoms with Crippen LogP contribution in [0, 0.1) is 17.2 Å². The number of rotatable bonds is 21. The molecule has 1 rings (SSSR count). The van der Waals surface area contributed by atoms with Crippen LogP contribution in [0.5, 0.6) is 0 Å². The van der Waals surface area contributed by atoms with Gasteiger partial charge in [0.1, 0.15) is 6.10 Å². The van der Waals surface area contributed by atoms with Gasteiger partial charge in [-0.3, -0.25) is 4.79 Å². The predicted octanol–water partition coefficient (Wildman–Crippen LogP) is 7.25. The Morgan fingerprint density at radius 1 is 1.00 bits per heavy atom. The summed E-state index contributed by atoms with van der Waals surface area (Å²) in [6, 6.07) is 12.2. The second kappa shape index (κ2) is 21.5. The van der Waals surface area contributed by atoms with Crippen LogP contribution in [0.3, 0.4) is 0 Å². The molecule has 0 aromatic heterocycles. The first kappa shape index (κ1) is 36.8. The molecule has 9 nitrogen and oxygen atoms in total. The van der Waals surface area contributed by atoms with Gasteiger partial charge in [-0.25, -0.2) is 9.46 Å². The topological polar surface area (TPSA) is 113 Å². The minimum absolute atomic E-state index is 0.0263. The second-order valence-electron chi connectivity index (χ2n) is 10.9. The summed E-state index contributed by atoms with van der Waals surface area (Å²) >= 11 is 0. The molecule has 2 N–H and O–H groups in total. The van der Waals surface area contributed by atoms with Crippen molar-refractivity contribution >= 4 is 20.5 Å². The molecule has 0 aliphatic heterocycles. The average molecular weight is 593 g/mol. The molecule has 0 bridgehead atoms. The molecule has 0 radical (unpaired) electrons. The van der Waals surface area contributed by atoms with Gasteiger partial charge in [-0.1, -0.05) is 63.9 Å². The molecule has 4 unspecified atom stereocenters. The average Bonchev–Trinajstić information content (AvgIpc) is 2.95. The molecule has 0 heterocycles. The maximum atomic E-state index is 13.0. The molecule has 1 aromatic carbocycles. The first-order chi connectivity index (χ1) is 19.6. The molecule has 0 fully saturated rings. The van der Waals surface area contributed by atoms with Crippen LogP contribution >= 0.6 is 8.53 Å². The number of unbranched alkanes of at least 4 members (excludes halogenated alkanes) is 2. The lowest BCUT2D eigenvalue weighted by Crippen LogP contribution is -2.41. The van der Waals surface area contributed by atoms with E-state index < -0.39 is 14.6 Å². The summed E-state index contributed by atoms with van der Waals surface area (Å²) in [4.78, 5) is 24.8. The van der Waals surface area contributed by atoms with E-state index in [2.05, 4.69) is 56.0 Å². The predicted molar refractivity (Wildman–Crippen MR) is 165 cm³/mol. The van der Waals surface area contributed by atoms with Gasteiger partial charge in [-0.15, -0.1) is 0 Å². The smallest absolute Gasteiger partial charge is 0.407 e. The monoisotopic (exact) mass is 592 g/mol. The van der Waals surface area contributed by atoms with Crippen molar-refractivity contribution in [1.29, 1.82) is 5.26 Å². The molecule has 4 atom stereocenters. The van der Waals surface area contributed by atoms with E-state index in [0.717, 1.165) is 31.2 Å². The van der Waals surface area contributed by atoms with Crippen LogP contribution in [0.4, 0.5) is 4.79 Å². The Labute approximate surface area is 249 Å². The van der Waals surface area contributed by atoms with Crippen molar-refractivity contribution in [3.05, 3.63) is 35.9 Å². The summed E-state index contributed by atoms with van der Waals surface area (Å²) in [5.74, 6) is 0.326. The fourth-order valence-corrected chi connectivity index (χ4v) is 6.00. The molecule has 2 amide bonds. The number of nitrogens with zero attached hydrogens (tertiary/aromatic N) is 2. The van der Waals surface area contributed by atoms with Gasteiger partial charge in [0, 0.05) is 25.0 Å². The molecule has 0 spiro atoms. The minimum atomic E-state index is -1.49. The molecule has 1 aromatic rings. The number of amides is 2. The Morgan fingerprint density at radius 2 is 1.68 bits per heavy atom. The Balaban J connectivity index is 2.79. The van der Waals surface area contributed by atoms with Gasteiger partial charge < -0.3 is 24.4 Å². The molecule has 10 heteroatoms. The van der Waals surface area contributed by atoms with Crippen LogP contribution in [0.15, 0.2) is 30.3 Å². The summed E-state index contributed by atoms with van der Waals surface area (Å²) < 4.78 is 20.3. The van der Waals surface area contributed by atoms with E-state index in [1.165, 1.54) is 0 Å². The van der Waals surface area contributed by atoms with Crippen molar-refractivity contribution in [1.82, 2.24) is 15.3 Å². The van der Waals surface area contributed by atoms with Gasteiger partial charge in [0.25, 0.3) is 8.53 Å². The molecular formula is C31H53N4O5P. The zero-order valence-corrected chi connectivity index (χ0v) is 27.1. The van der Waals surface area contributed by atoms with E-state index in [1.807, 2.05) is 44.2 Å². The maximum Gasteiger partial charge on any atom is 0.407 e. The number of nitrogens with one attached hydrogen (secondary N) is 2. The fourth-order valence-electron chi connectivity index (χ4n) is 4.24. The van der Waals surface area contributed by atoms with E-state index in [0.29, 0.717) is 31.9 Å². The number of alkyl carbamates (subject to hydrolysis) is 1. The Morgan fingerprint density at radius 3 is 2.27 bits per heavy atom. The third kappa shape index (κ3) is 15.0. The van der Waals surface area contributed by atoms with Crippen molar-refractivity contribution in [2.75, 3.05) is 19.8 Å². The first-order valence-corrected chi connectivity index (χ1v) is 16.3. The Bertz CT molecular complexity index is 888. The van der Waals surface area contributed by atoms with Crippen LogP contribution in [-0.2, 0) is 18.6 Å². The summed E-state index contributed by atoms with van der Waals surface area (Å²) in [7, 11) is -1.49. The van der Waals surface area contributed by atoms with Crippen LogP contribution in [0.25, 0.3) is 0 Å². The number of carbonyl (C=O) groups excluding carboxylic acids is 2. The molecule has 41 heavy (non-hydrogen) atoms. The third-order valence-electron chi connectivity index (χ3n) is 6.69. The van der Waals surface area contributed by atoms with E-state index in [-0.39, 0.29) is 43.2 Å². The largest absolute Gasteiger partial charge is 0.449 e. The van der Waals surface area contributed by atoms with Gasteiger partial charge >= 0.3 is 6.09 Å². The van der Waals surface area contributed by atoms with Crippen LogP contribution < -0.4 is 10.6 Å². The van der Waals surface area contributed by atoms with Gasteiger partial charge in [0.05, 0.1) is 31.7 Å². The zero-order valence-electron chi connectivity index (χ0n) is 26.2. The van der Waals surface area contributed by atoms with Crippen molar-refractivity contribution in [2.45, 2.75) is 118 Å². The fraction of sp³-hybridized carbons (Fsp3) is 0.710. The highest BCUT2D eigenvalue weighted by molar-refractivity contribution is 7.44. The highest BCUT2D eigenvalue weighted by Gasteiger charge is 2.34. The van der Waals surface area contributed by atoms with Gasteiger partial charge in [0.2, 0.25) is 5.91 Å². The normalized spacial score (nSPS) is 14.4. The summed E-state index contributed by atoms with van der Waals surface area (Å²) in [6.07, 6.45) is 3.86. The zero-order chi connectivity index (χ0) is 30.6. The third-order valence-corrected chi connectivity index (χ3v) is 8.80. The summed E-state index contributed by atoms with van der Waals surface area (Å²) in [5.41, 5.74) is 0.967. The van der Waals surface area contributed by atoms with Gasteiger partial charge in [0.15, 0.2) is 0 Å². The minimum Gasteiger partial charge on any atom is -0.449 e. The highest BCUT2D eigenvalue weighted by Crippen LogP contribution is 2.50. The van der Waals surface area contributed by atoms with E-state index in [9.17, 15) is 9.59 Å². The number of carbonyl (C=O) groups is 2. The number of hydrogen-bond acceptors (Lipinski definition) is 7. The van der Waals surface area contributed by atoms with Crippen LogP contribution in [0.2, 0.25) is 0 Å².